The summed E-state index contributed by atoms with van der Waals surface area (Å²) in [6.45, 7) is 12.3. The fraction of sp³-hybridized carbons (Fsp3) is 0.828. The zero-order valence-electron chi connectivity index (χ0n) is 23.7. The van der Waals surface area contributed by atoms with Gasteiger partial charge < -0.3 is 34.6 Å². The second kappa shape index (κ2) is 8.82. The van der Waals surface area contributed by atoms with Gasteiger partial charge in [-0.2, -0.15) is 0 Å². The third kappa shape index (κ3) is 3.47. The van der Waals surface area contributed by atoms with Gasteiger partial charge in [0.1, 0.15) is 18.3 Å². The van der Waals surface area contributed by atoms with E-state index in [1.54, 1.807) is 48.5 Å². The molecule has 39 heavy (non-hydrogen) atoms. The Labute approximate surface area is 228 Å². The summed E-state index contributed by atoms with van der Waals surface area (Å²) in [6.07, 6.45) is -3.83. The van der Waals surface area contributed by atoms with Crippen molar-refractivity contribution in [2.24, 2.45) is 46.3 Å². The summed E-state index contributed by atoms with van der Waals surface area (Å²) < 4.78 is 17.8. The Morgan fingerprint density at radius 1 is 1.21 bits per heavy atom. The summed E-state index contributed by atoms with van der Waals surface area (Å²) in [5, 5.41) is 45.9. The molecule has 5 rings (SSSR count). The molecule has 10 nitrogen and oxygen atoms in total. The van der Waals surface area contributed by atoms with Crippen LogP contribution in [0.1, 0.15) is 61.3 Å². The number of allylic oxidation sites excluding steroid dienone is 1. The molecule has 3 unspecified atom stereocenters. The van der Waals surface area contributed by atoms with Crippen molar-refractivity contribution in [3.8, 4) is 0 Å². The van der Waals surface area contributed by atoms with Gasteiger partial charge in [-0.3, -0.25) is 9.59 Å². The Morgan fingerprint density at radius 3 is 2.41 bits per heavy atom. The molecule has 10 heteroatoms. The first kappa shape index (κ1) is 28.7. The maximum Gasteiger partial charge on any atom is 0.348 e. The first-order chi connectivity index (χ1) is 18.0. The van der Waals surface area contributed by atoms with E-state index in [0.717, 1.165) is 0 Å². The minimum Gasteiger partial charge on any atom is -0.459 e. The molecule has 2 saturated heterocycles. The fourth-order valence-corrected chi connectivity index (χ4v) is 9.22. The molecule has 5 aliphatic rings. The number of fused-ring (bicyclic) bond motifs is 1. The molecule has 2 aliphatic heterocycles. The lowest BCUT2D eigenvalue weighted by Crippen LogP contribution is -2.78. The van der Waals surface area contributed by atoms with Crippen molar-refractivity contribution in [3.05, 3.63) is 11.6 Å². The molecule has 2 heterocycles. The number of ether oxygens (including phenoxy) is 3. The van der Waals surface area contributed by atoms with Gasteiger partial charge in [0.25, 0.3) is 0 Å². The van der Waals surface area contributed by atoms with Crippen LogP contribution in [0, 0.1) is 46.3 Å². The van der Waals surface area contributed by atoms with Crippen LogP contribution in [0.15, 0.2) is 11.6 Å². The van der Waals surface area contributed by atoms with Gasteiger partial charge in [0.2, 0.25) is 6.10 Å². The van der Waals surface area contributed by atoms with Crippen molar-refractivity contribution >= 4 is 17.7 Å². The molecule has 0 amide bonds. The molecular formula is C29H42O10. The van der Waals surface area contributed by atoms with Crippen LogP contribution in [-0.4, -0.2) is 80.6 Å². The van der Waals surface area contributed by atoms with Crippen molar-refractivity contribution in [1.29, 1.82) is 0 Å². The summed E-state index contributed by atoms with van der Waals surface area (Å²) >= 11 is 0. The maximum absolute atomic E-state index is 13.5. The number of hydrogen-bond donors (Lipinski definition) is 4. The SMILES string of the molecule is CC1=CC(=O)[C@@H](O)[C@]2(C)C3[C@]45CO[C@@]3(O)[C@H](O)[C@H](C)C4C(OC(=O)CC(O)(C(C)C)C(C)C)C(=O)O[C@@H]5C[C@@H]12. The number of carbonyl (C=O) groups excluding carboxylic acids is 3. The highest BCUT2D eigenvalue weighted by atomic mass is 16.7. The first-order valence-corrected chi connectivity index (χ1v) is 14.0. The highest BCUT2D eigenvalue weighted by Gasteiger charge is 2.83. The molecule has 1 spiro atoms. The van der Waals surface area contributed by atoms with Gasteiger partial charge in [-0.1, -0.05) is 47.1 Å². The second-order valence-corrected chi connectivity index (χ2v) is 13.6. The molecule has 0 aromatic heterocycles. The van der Waals surface area contributed by atoms with E-state index in [4.69, 9.17) is 14.2 Å². The summed E-state index contributed by atoms with van der Waals surface area (Å²) in [5.41, 5.74) is -3.05. The van der Waals surface area contributed by atoms with Crippen LogP contribution < -0.4 is 0 Å². The van der Waals surface area contributed by atoms with E-state index in [1.165, 1.54) is 6.08 Å². The Balaban J connectivity index is 1.60. The van der Waals surface area contributed by atoms with Crippen LogP contribution in [0.5, 0.6) is 0 Å². The van der Waals surface area contributed by atoms with Crippen molar-refractivity contribution < 1.29 is 49.0 Å². The van der Waals surface area contributed by atoms with E-state index in [0.29, 0.717) is 5.57 Å². The average Bonchev–Trinajstić information content (AvgIpc) is 3.13. The summed E-state index contributed by atoms with van der Waals surface area (Å²) in [4.78, 5) is 39.6. The standard InChI is InChI=1S/C29H42O10/c1-12(2)28(35,13(3)4)10-19(31)39-21-20-15(6)22(32)29(36)25-26(7)16(14(5)8-17(30)23(26)33)9-18(38-24(21)34)27(20,25)11-37-29/h8,12-13,15-16,18,20-23,25,32-33,35-36H,9-11H2,1-7H3/t15-,16+,18-,20?,21?,22-,23-,25?,26-,27+,29+/m1/s1. The Morgan fingerprint density at radius 2 is 1.82 bits per heavy atom. The number of esters is 2. The highest BCUT2D eigenvalue weighted by Crippen LogP contribution is 2.73. The highest BCUT2D eigenvalue weighted by molar-refractivity contribution is 5.96. The summed E-state index contributed by atoms with van der Waals surface area (Å²) in [6, 6.07) is 0. The third-order valence-electron chi connectivity index (χ3n) is 11.3. The molecule has 0 aromatic carbocycles. The summed E-state index contributed by atoms with van der Waals surface area (Å²) in [7, 11) is 0. The monoisotopic (exact) mass is 550 g/mol. The fourth-order valence-electron chi connectivity index (χ4n) is 9.22. The second-order valence-electron chi connectivity index (χ2n) is 13.6. The molecule has 2 saturated carbocycles. The van der Waals surface area contributed by atoms with E-state index >= 15 is 0 Å². The van der Waals surface area contributed by atoms with E-state index < -0.39 is 88.0 Å². The van der Waals surface area contributed by atoms with Crippen molar-refractivity contribution in [2.45, 2.75) is 97.1 Å². The zero-order chi connectivity index (χ0) is 29.0. The quantitative estimate of drug-likeness (QED) is 0.365. The predicted molar refractivity (Wildman–Crippen MR) is 135 cm³/mol. The minimum absolute atomic E-state index is 0.111. The molecule has 4 N–H and O–H groups in total. The Hall–Kier alpha value is -1.85. The normalized spacial score (nSPS) is 46.9. The smallest absolute Gasteiger partial charge is 0.348 e. The van der Waals surface area contributed by atoms with Gasteiger partial charge in [-0.25, -0.2) is 4.79 Å². The molecule has 3 aliphatic carbocycles. The summed E-state index contributed by atoms with van der Waals surface area (Å²) in [5.74, 6) is -7.69. The number of rotatable bonds is 5. The zero-order valence-corrected chi connectivity index (χ0v) is 23.7. The number of ketones is 1. The Bertz CT molecular complexity index is 1110. The van der Waals surface area contributed by atoms with Gasteiger partial charge in [0, 0.05) is 22.7 Å². The number of hydrogen-bond acceptors (Lipinski definition) is 10. The van der Waals surface area contributed by atoms with E-state index in [9.17, 15) is 34.8 Å². The van der Waals surface area contributed by atoms with Gasteiger partial charge in [-0.05, 0) is 43.1 Å². The van der Waals surface area contributed by atoms with Crippen LogP contribution >= 0.6 is 0 Å². The van der Waals surface area contributed by atoms with Gasteiger partial charge in [0.15, 0.2) is 11.6 Å². The van der Waals surface area contributed by atoms with Gasteiger partial charge >= 0.3 is 11.9 Å². The minimum atomic E-state index is -2.12. The van der Waals surface area contributed by atoms with Crippen LogP contribution in [0.2, 0.25) is 0 Å². The van der Waals surface area contributed by atoms with Gasteiger partial charge in [0.05, 0.1) is 18.6 Å². The number of aliphatic hydroxyl groups excluding tert-OH is 2. The van der Waals surface area contributed by atoms with Crippen LogP contribution in [0.25, 0.3) is 0 Å². The molecule has 2 bridgehead atoms. The average molecular weight is 551 g/mol. The lowest BCUT2D eigenvalue weighted by Gasteiger charge is -2.68. The van der Waals surface area contributed by atoms with Crippen molar-refractivity contribution in [3.63, 3.8) is 0 Å². The lowest BCUT2D eigenvalue weighted by molar-refractivity contribution is -0.340. The third-order valence-corrected chi connectivity index (χ3v) is 11.3. The molecule has 11 atom stereocenters. The maximum atomic E-state index is 13.5. The molecule has 4 fully saturated rings. The van der Waals surface area contributed by atoms with Crippen molar-refractivity contribution in [2.75, 3.05) is 6.61 Å². The van der Waals surface area contributed by atoms with E-state index in [-0.39, 0.29) is 31.3 Å². The molecular weight excluding hydrogens is 508 g/mol. The number of carbonyl (C=O) groups is 3. The first-order valence-electron chi connectivity index (χ1n) is 14.0. The molecule has 0 radical (unpaired) electrons. The Kier molecular flexibility index (Phi) is 6.49. The number of aliphatic hydroxyl groups is 4. The van der Waals surface area contributed by atoms with Crippen molar-refractivity contribution in [1.82, 2.24) is 0 Å². The van der Waals surface area contributed by atoms with E-state index in [1.807, 2.05) is 0 Å². The van der Waals surface area contributed by atoms with E-state index in [2.05, 4.69) is 0 Å². The molecule has 0 aromatic rings. The lowest BCUT2D eigenvalue weighted by atomic mass is 9.38. The topological polar surface area (TPSA) is 160 Å². The van der Waals surface area contributed by atoms with Gasteiger partial charge in [-0.15, -0.1) is 0 Å². The van der Waals surface area contributed by atoms with Crippen LogP contribution in [0.3, 0.4) is 0 Å². The predicted octanol–water partition coefficient (Wildman–Crippen LogP) is 1.12. The largest absolute Gasteiger partial charge is 0.459 e. The van der Waals surface area contributed by atoms with Crippen LogP contribution in [0.4, 0.5) is 0 Å². The molecule has 218 valence electrons. The van der Waals surface area contributed by atoms with Crippen LogP contribution in [-0.2, 0) is 28.6 Å².